The highest BCUT2D eigenvalue weighted by Crippen LogP contribution is 2.08. The second kappa shape index (κ2) is 7.75. The van der Waals surface area contributed by atoms with Gasteiger partial charge in [-0.3, -0.25) is 0 Å². The van der Waals surface area contributed by atoms with E-state index in [4.69, 9.17) is 14.6 Å². The molecule has 1 heterocycles. The minimum Gasteiger partial charge on any atom is -0.465 e. The van der Waals surface area contributed by atoms with E-state index in [0.29, 0.717) is 0 Å². The van der Waals surface area contributed by atoms with Gasteiger partial charge in [0.15, 0.2) is 0 Å². The number of amides is 2. The number of alkyl carbamates (subject to hydrolysis) is 1. The van der Waals surface area contributed by atoms with E-state index in [0.717, 1.165) is 25.9 Å². The van der Waals surface area contributed by atoms with Crippen LogP contribution in [0.25, 0.3) is 0 Å². The van der Waals surface area contributed by atoms with Gasteiger partial charge in [-0.2, -0.15) is 0 Å². The van der Waals surface area contributed by atoms with E-state index in [1.54, 1.807) is 0 Å². The van der Waals surface area contributed by atoms with Crippen LogP contribution in [0.1, 0.15) is 33.6 Å². The molecule has 5 N–H and O–H groups in total. The highest BCUT2D eigenvalue weighted by atomic mass is 16.6. The van der Waals surface area contributed by atoms with Crippen molar-refractivity contribution in [2.75, 3.05) is 13.1 Å². The molecule has 0 saturated carbocycles. The molecule has 7 heteroatoms. The van der Waals surface area contributed by atoms with E-state index >= 15 is 0 Å². The first kappa shape index (κ1) is 16.5. The van der Waals surface area contributed by atoms with E-state index in [2.05, 4.69) is 16.4 Å². The number of carbonyl (C=O) groups is 2. The van der Waals surface area contributed by atoms with Crippen LogP contribution in [0, 0.1) is 0 Å². The molecular formula is C11H23N3O4. The number of hydrogen-bond donors (Lipinski definition) is 4. The van der Waals surface area contributed by atoms with Crippen molar-refractivity contribution in [3.05, 3.63) is 0 Å². The molecule has 0 bridgehead atoms. The maximum atomic E-state index is 11.4. The number of piperidine rings is 1. The maximum absolute atomic E-state index is 11.4. The Hall–Kier alpha value is -1.50. The minimum atomic E-state index is -1.33. The topological polar surface area (TPSA) is 114 Å². The Balaban J connectivity index is 0.000000631. The number of carboxylic acid groups (broad SMARTS) is 1. The zero-order valence-electron chi connectivity index (χ0n) is 11.2. The lowest BCUT2D eigenvalue weighted by Crippen LogP contribution is -2.44. The van der Waals surface area contributed by atoms with Gasteiger partial charge in [0.25, 0.3) is 0 Å². The predicted molar refractivity (Wildman–Crippen MR) is 67.5 cm³/mol. The van der Waals surface area contributed by atoms with Crippen LogP contribution in [0.5, 0.6) is 0 Å². The van der Waals surface area contributed by atoms with Crippen molar-refractivity contribution in [2.24, 2.45) is 5.73 Å². The average Bonchev–Trinajstić information content (AvgIpc) is 2.14. The molecule has 1 aliphatic heterocycles. The molecule has 1 rings (SSSR count). The maximum Gasteiger partial charge on any atom is 0.407 e. The normalized spacial score (nSPS) is 16.2. The number of ether oxygens (including phenoxy) is 1. The summed E-state index contributed by atoms with van der Waals surface area (Å²) in [6.45, 7) is 7.56. The van der Waals surface area contributed by atoms with Crippen LogP contribution in [0.15, 0.2) is 0 Å². The molecule has 0 unspecified atom stereocenters. The molecule has 2 amide bonds. The molecule has 0 atom stereocenters. The van der Waals surface area contributed by atoms with E-state index in [9.17, 15) is 4.79 Å². The Morgan fingerprint density at radius 1 is 1.33 bits per heavy atom. The molecule has 0 radical (unpaired) electrons. The molecule has 1 aliphatic rings. The van der Waals surface area contributed by atoms with Crippen LogP contribution in [-0.2, 0) is 4.74 Å². The zero-order chi connectivity index (χ0) is 14.2. The SMILES string of the molecule is CC(C)(C)OC(=O)NC1CCNCC1.NC(=O)O. The van der Waals surface area contributed by atoms with Gasteiger partial charge in [0, 0.05) is 6.04 Å². The van der Waals surface area contributed by atoms with E-state index in [1.165, 1.54) is 0 Å². The predicted octanol–water partition coefficient (Wildman–Crippen LogP) is 0.886. The number of nitrogens with one attached hydrogen (secondary N) is 2. The molecule has 0 aromatic heterocycles. The highest BCUT2D eigenvalue weighted by Gasteiger charge is 2.20. The largest absolute Gasteiger partial charge is 0.465 e. The Bertz CT molecular complexity index is 266. The van der Waals surface area contributed by atoms with Crippen LogP contribution in [0.4, 0.5) is 9.59 Å². The second-order valence-corrected chi connectivity index (χ2v) is 5.01. The molecule has 0 aromatic rings. The van der Waals surface area contributed by atoms with Gasteiger partial charge in [-0.05, 0) is 46.7 Å². The molecule has 7 nitrogen and oxygen atoms in total. The third-order valence-electron chi connectivity index (χ3n) is 2.06. The Kier molecular flexibility index (Phi) is 7.11. The zero-order valence-corrected chi connectivity index (χ0v) is 11.2. The van der Waals surface area contributed by atoms with E-state index < -0.39 is 11.7 Å². The molecular weight excluding hydrogens is 238 g/mol. The molecule has 106 valence electrons. The van der Waals surface area contributed by atoms with Crippen LogP contribution < -0.4 is 16.4 Å². The van der Waals surface area contributed by atoms with Crippen molar-refractivity contribution < 1.29 is 19.4 Å². The fourth-order valence-electron chi connectivity index (χ4n) is 1.44. The van der Waals surface area contributed by atoms with E-state index in [1.807, 2.05) is 20.8 Å². The van der Waals surface area contributed by atoms with Crippen LogP contribution >= 0.6 is 0 Å². The fourth-order valence-corrected chi connectivity index (χ4v) is 1.44. The van der Waals surface area contributed by atoms with E-state index in [-0.39, 0.29) is 12.1 Å². The molecule has 0 aliphatic carbocycles. The second-order valence-electron chi connectivity index (χ2n) is 5.01. The van der Waals surface area contributed by atoms with Gasteiger partial charge in [-0.25, -0.2) is 9.59 Å². The monoisotopic (exact) mass is 261 g/mol. The summed E-state index contributed by atoms with van der Waals surface area (Å²) in [5.74, 6) is 0. The molecule has 0 spiro atoms. The number of primary amides is 1. The highest BCUT2D eigenvalue weighted by molar-refractivity contribution is 5.68. The number of rotatable bonds is 1. The van der Waals surface area contributed by atoms with Crippen molar-refractivity contribution in [1.82, 2.24) is 10.6 Å². The third-order valence-corrected chi connectivity index (χ3v) is 2.06. The van der Waals surface area contributed by atoms with Crippen LogP contribution in [-0.4, -0.2) is 42.0 Å². The summed E-state index contributed by atoms with van der Waals surface area (Å²) in [5.41, 5.74) is 3.62. The summed E-state index contributed by atoms with van der Waals surface area (Å²) in [6.07, 6.45) is 0.336. The van der Waals surface area contributed by atoms with Crippen LogP contribution in [0.2, 0.25) is 0 Å². The van der Waals surface area contributed by atoms with Crippen molar-refractivity contribution in [1.29, 1.82) is 0 Å². The van der Waals surface area contributed by atoms with Gasteiger partial charge in [-0.15, -0.1) is 0 Å². The van der Waals surface area contributed by atoms with Gasteiger partial charge in [0.05, 0.1) is 0 Å². The van der Waals surface area contributed by atoms with Gasteiger partial charge in [0.2, 0.25) is 0 Å². The van der Waals surface area contributed by atoms with Crippen molar-refractivity contribution in [2.45, 2.75) is 45.3 Å². The molecule has 0 aromatic carbocycles. The Morgan fingerprint density at radius 3 is 2.17 bits per heavy atom. The lowest BCUT2D eigenvalue weighted by molar-refractivity contribution is 0.0495. The lowest BCUT2D eigenvalue weighted by atomic mass is 10.1. The van der Waals surface area contributed by atoms with Crippen molar-refractivity contribution in [3.63, 3.8) is 0 Å². The smallest absolute Gasteiger partial charge is 0.407 e. The third kappa shape index (κ3) is 11.0. The molecule has 1 saturated heterocycles. The summed E-state index contributed by atoms with van der Waals surface area (Å²) < 4.78 is 5.17. The quantitative estimate of drug-likeness (QED) is 0.559. The van der Waals surface area contributed by atoms with Gasteiger partial charge >= 0.3 is 12.2 Å². The fraction of sp³-hybridized carbons (Fsp3) is 0.818. The Labute approximate surface area is 107 Å². The van der Waals surface area contributed by atoms with Crippen molar-refractivity contribution in [3.8, 4) is 0 Å². The molecule has 1 fully saturated rings. The average molecular weight is 261 g/mol. The summed E-state index contributed by atoms with van der Waals surface area (Å²) >= 11 is 0. The first-order valence-corrected chi connectivity index (χ1v) is 5.89. The number of hydrogen-bond acceptors (Lipinski definition) is 4. The van der Waals surface area contributed by atoms with Crippen LogP contribution in [0.3, 0.4) is 0 Å². The standard InChI is InChI=1S/C10H20N2O2.CH3NO2/c1-10(2,3)14-9(13)12-8-4-6-11-7-5-8;2-1(3)4/h8,11H,4-7H2,1-3H3,(H,12,13);2H2,(H,3,4). The first-order valence-electron chi connectivity index (χ1n) is 5.89. The number of carbonyl (C=O) groups excluding carboxylic acids is 1. The summed E-state index contributed by atoms with van der Waals surface area (Å²) in [7, 11) is 0. The minimum absolute atomic E-state index is 0.270. The summed E-state index contributed by atoms with van der Waals surface area (Å²) in [5, 5.41) is 13.3. The van der Waals surface area contributed by atoms with Gasteiger partial charge < -0.3 is 26.2 Å². The Morgan fingerprint density at radius 2 is 1.78 bits per heavy atom. The summed E-state index contributed by atoms with van der Waals surface area (Å²) in [4.78, 5) is 20.2. The molecule has 18 heavy (non-hydrogen) atoms. The van der Waals surface area contributed by atoms with Gasteiger partial charge in [-0.1, -0.05) is 0 Å². The summed E-state index contributed by atoms with van der Waals surface area (Å²) in [6, 6.07) is 0.270. The van der Waals surface area contributed by atoms with Gasteiger partial charge in [0.1, 0.15) is 5.60 Å². The lowest BCUT2D eigenvalue weighted by Gasteiger charge is -2.26. The van der Waals surface area contributed by atoms with Crippen molar-refractivity contribution >= 4 is 12.2 Å². The number of nitrogens with two attached hydrogens (primary N) is 1. The first-order chi connectivity index (χ1) is 8.20.